The van der Waals surface area contributed by atoms with Crippen molar-refractivity contribution in [2.24, 2.45) is 5.73 Å². The van der Waals surface area contributed by atoms with Gasteiger partial charge in [-0.2, -0.15) is 13.2 Å². The molecule has 3 aromatic rings. The number of rotatable bonds is 8. The molecule has 1 saturated heterocycles. The highest BCUT2D eigenvalue weighted by atomic mass is 32.2. The van der Waals surface area contributed by atoms with E-state index in [9.17, 15) is 26.4 Å². The van der Waals surface area contributed by atoms with E-state index in [2.05, 4.69) is 27.8 Å². The second-order valence-corrected chi connectivity index (χ2v) is 13.8. The first-order valence-electron chi connectivity index (χ1n) is 13.8. The number of nitrogens with one attached hydrogen (secondary N) is 2. The van der Waals surface area contributed by atoms with Crippen molar-refractivity contribution in [1.29, 1.82) is 0 Å². The molecule has 42 heavy (non-hydrogen) atoms. The lowest BCUT2D eigenvalue weighted by Gasteiger charge is -2.31. The minimum absolute atomic E-state index is 0.134. The van der Waals surface area contributed by atoms with E-state index in [1.807, 2.05) is 12.3 Å². The van der Waals surface area contributed by atoms with E-state index in [1.54, 1.807) is 22.6 Å². The van der Waals surface area contributed by atoms with Crippen LogP contribution in [0.2, 0.25) is 0 Å². The van der Waals surface area contributed by atoms with E-state index in [1.165, 1.54) is 30.6 Å². The number of hydrogen-bond donors (Lipinski definition) is 4. The van der Waals surface area contributed by atoms with Crippen LogP contribution in [-0.4, -0.2) is 65.8 Å². The highest BCUT2D eigenvalue weighted by Crippen LogP contribution is 2.38. The maximum absolute atomic E-state index is 12.3. The number of carbonyl (C=O) groups excluding carboxylic acids is 1. The van der Waals surface area contributed by atoms with Crippen LogP contribution in [0.5, 0.6) is 0 Å². The predicted molar refractivity (Wildman–Crippen MR) is 156 cm³/mol. The molecule has 2 aliphatic rings. The molecule has 1 aliphatic carbocycles. The fourth-order valence-corrected chi connectivity index (χ4v) is 7.56. The van der Waals surface area contributed by atoms with Gasteiger partial charge in [0.25, 0.3) is 5.91 Å². The van der Waals surface area contributed by atoms with Gasteiger partial charge in [0.05, 0.1) is 16.8 Å². The number of fused-ring (bicyclic) bond motifs is 1. The number of hydrogen-bond acceptors (Lipinski definition) is 6. The lowest BCUT2D eigenvalue weighted by molar-refractivity contribution is -0.192. The van der Waals surface area contributed by atoms with E-state index in [-0.39, 0.29) is 11.7 Å². The van der Waals surface area contributed by atoms with Crippen LogP contribution in [0.15, 0.2) is 29.8 Å². The number of halogens is 3. The van der Waals surface area contributed by atoms with Crippen LogP contribution in [0.1, 0.15) is 72.2 Å². The Morgan fingerprint density at radius 1 is 1.12 bits per heavy atom. The van der Waals surface area contributed by atoms with Crippen LogP contribution < -0.4 is 11.1 Å². The molecule has 5 rings (SSSR count). The average molecular weight is 629 g/mol. The number of amides is 1. The van der Waals surface area contributed by atoms with E-state index < -0.39 is 28.1 Å². The summed E-state index contributed by atoms with van der Waals surface area (Å²) in [5.74, 6) is -2.84. The lowest BCUT2D eigenvalue weighted by Crippen LogP contribution is -2.38. The Balaban J connectivity index is 0.000000517. The third-order valence-electron chi connectivity index (χ3n) is 7.89. The molecule has 5 N–H and O–H groups in total. The van der Waals surface area contributed by atoms with Gasteiger partial charge in [-0.3, -0.25) is 4.79 Å². The zero-order valence-electron chi connectivity index (χ0n) is 23.2. The fourth-order valence-electron chi connectivity index (χ4n) is 5.58. The number of primary amides is 1. The maximum atomic E-state index is 12.3. The number of nitrogens with two attached hydrogens (primary N) is 1. The van der Waals surface area contributed by atoms with Crippen LogP contribution in [0.4, 0.5) is 13.2 Å². The number of aromatic amines is 1. The van der Waals surface area contributed by atoms with Crippen molar-refractivity contribution in [2.45, 2.75) is 70.1 Å². The molecule has 2 fully saturated rings. The van der Waals surface area contributed by atoms with E-state index in [4.69, 9.17) is 15.6 Å². The molecule has 0 atom stereocenters. The second-order valence-electron chi connectivity index (χ2n) is 10.6. The molecule has 1 saturated carbocycles. The molecule has 0 radical (unpaired) electrons. The summed E-state index contributed by atoms with van der Waals surface area (Å²) in [6.07, 6.45) is 3.56. The standard InChI is InChI=1S/C26H34N4O3S2.C2HF3O2/c1-2-35(32,33)30-9-7-17(8-10-30)24-15-29-25-22(24)12-18(13-23(25)26(27)31)19-11-21(34-16-19)14-28-20-5-3-4-6-20;3-2(4,5)1(6)7/h11-13,15-17,20,28-29H,2-10,14H2,1H3,(H2,27,31);(H,6,7). The molecule has 0 bridgehead atoms. The molecule has 9 nitrogen and oxygen atoms in total. The number of sulfonamides is 1. The molecular formula is C28H35F3N4O5S2. The van der Waals surface area contributed by atoms with Crippen molar-refractivity contribution in [3.63, 3.8) is 0 Å². The third kappa shape index (κ3) is 7.52. The zero-order chi connectivity index (χ0) is 30.7. The molecule has 230 valence electrons. The molecule has 0 spiro atoms. The molecule has 14 heteroatoms. The molecule has 1 aromatic carbocycles. The number of H-pyrrole nitrogens is 1. The van der Waals surface area contributed by atoms with E-state index in [0.29, 0.717) is 24.7 Å². The maximum Gasteiger partial charge on any atom is 0.490 e. The Kier molecular flexibility index (Phi) is 10.0. The summed E-state index contributed by atoms with van der Waals surface area (Å²) >= 11 is 1.74. The van der Waals surface area contributed by atoms with Crippen LogP contribution in [0, 0.1) is 0 Å². The minimum atomic E-state index is -5.08. The summed E-state index contributed by atoms with van der Waals surface area (Å²) in [5.41, 5.74) is 10.3. The van der Waals surface area contributed by atoms with Crippen molar-refractivity contribution in [2.75, 3.05) is 18.8 Å². The molecular weight excluding hydrogens is 593 g/mol. The second kappa shape index (κ2) is 13.1. The van der Waals surface area contributed by atoms with Crippen molar-refractivity contribution < 1.29 is 36.3 Å². The highest BCUT2D eigenvalue weighted by molar-refractivity contribution is 7.89. The summed E-state index contributed by atoms with van der Waals surface area (Å²) in [4.78, 5) is 25.8. The average Bonchev–Trinajstić information content (AvgIpc) is 3.72. The van der Waals surface area contributed by atoms with Gasteiger partial charge in [0.15, 0.2) is 0 Å². The largest absolute Gasteiger partial charge is 0.490 e. The van der Waals surface area contributed by atoms with Gasteiger partial charge in [0.2, 0.25) is 10.0 Å². The number of carboxylic acids is 1. The Morgan fingerprint density at radius 3 is 2.33 bits per heavy atom. The lowest BCUT2D eigenvalue weighted by atomic mass is 9.88. The van der Waals surface area contributed by atoms with Gasteiger partial charge in [0.1, 0.15) is 0 Å². The number of piperidine rings is 1. The van der Waals surface area contributed by atoms with Gasteiger partial charge in [-0.25, -0.2) is 17.5 Å². The van der Waals surface area contributed by atoms with Crippen LogP contribution in [-0.2, 0) is 21.4 Å². The highest BCUT2D eigenvalue weighted by Gasteiger charge is 2.38. The number of nitrogens with zero attached hydrogens (tertiary/aromatic N) is 1. The number of carbonyl (C=O) groups is 2. The molecule has 3 heterocycles. The van der Waals surface area contributed by atoms with E-state index >= 15 is 0 Å². The number of aliphatic carboxylic acids is 1. The fraction of sp³-hybridized carbons (Fsp3) is 0.500. The van der Waals surface area contributed by atoms with Crippen LogP contribution in [0.3, 0.4) is 0 Å². The van der Waals surface area contributed by atoms with Crippen molar-refractivity contribution >= 4 is 44.1 Å². The minimum Gasteiger partial charge on any atom is -0.475 e. The third-order valence-corrected chi connectivity index (χ3v) is 10.7. The number of alkyl halides is 3. The Morgan fingerprint density at radius 2 is 1.76 bits per heavy atom. The van der Waals surface area contributed by atoms with Gasteiger partial charge in [-0.1, -0.05) is 12.8 Å². The smallest absolute Gasteiger partial charge is 0.475 e. The summed E-state index contributed by atoms with van der Waals surface area (Å²) < 4.78 is 57.9. The Labute approximate surface area is 246 Å². The van der Waals surface area contributed by atoms with Crippen LogP contribution >= 0.6 is 11.3 Å². The first-order chi connectivity index (χ1) is 19.8. The van der Waals surface area contributed by atoms with Gasteiger partial charge in [-0.15, -0.1) is 11.3 Å². The van der Waals surface area contributed by atoms with E-state index in [0.717, 1.165) is 47.0 Å². The predicted octanol–water partition coefficient (Wildman–Crippen LogP) is 5.19. The van der Waals surface area contributed by atoms with Crippen molar-refractivity contribution in [3.8, 4) is 11.1 Å². The Bertz CT molecular complexity index is 1520. The molecule has 1 aliphatic heterocycles. The number of aromatic nitrogens is 1. The SMILES string of the molecule is CCS(=O)(=O)N1CCC(c2c[nH]c3c(C(N)=O)cc(-c4csc(CNC5CCCC5)c4)cc23)CC1.O=C(O)C(F)(F)F. The first-order valence-corrected chi connectivity index (χ1v) is 16.3. The summed E-state index contributed by atoms with van der Waals surface area (Å²) in [7, 11) is -3.16. The van der Waals surface area contributed by atoms with Gasteiger partial charge >= 0.3 is 12.1 Å². The zero-order valence-corrected chi connectivity index (χ0v) is 24.8. The Hall–Kier alpha value is -2.94. The van der Waals surface area contributed by atoms with Gasteiger partial charge in [0, 0.05) is 42.1 Å². The van der Waals surface area contributed by atoms with Gasteiger partial charge in [-0.05, 0) is 78.8 Å². The summed E-state index contributed by atoms with van der Waals surface area (Å²) in [6, 6.07) is 6.87. The molecule has 0 unspecified atom stereocenters. The topological polar surface area (TPSA) is 146 Å². The molecule has 1 amide bonds. The first kappa shape index (κ1) is 32.0. The van der Waals surface area contributed by atoms with Crippen molar-refractivity contribution in [1.82, 2.24) is 14.6 Å². The monoisotopic (exact) mass is 628 g/mol. The van der Waals surface area contributed by atoms with Gasteiger partial charge < -0.3 is 21.1 Å². The molecule has 2 aromatic heterocycles. The number of carboxylic acid groups (broad SMARTS) is 1. The summed E-state index contributed by atoms with van der Waals surface area (Å²) in [6.45, 7) is 3.61. The number of benzene rings is 1. The summed E-state index contributed by atoms with van der Waals surface area (Å²) in [5, 5.41) is 14.0. The number of thiophene rings is 1. The quantitative estimate of drug-likeness (QED) is 0.270. The van der Waals surface area contributed by atoms with Crippen LogP contribution in [0.25, 0.3) is 22.0 Å². The van der Waals surface area contributed by atoms with Crippen molar-refractivity contribution in [3.05, 3.63) is 45.8 Å². The normalized spacial score (nSPS) is 17.3.